The zero-order chi connectivity index (χ0) is 14.4. The molecule has 0 bridgehead atoms. The van der Waals surface area contributed by atoms with Gasteiger partial charge in [0.2, 0.25) is 5.89 Å². The summed E-state index contributed by atoms with van der Waals surface area (Å²) in [5, 5.41) is 6.12. The molecule has 0 saturated heterocycles. The van der Waals surface area contributed by atoms with Crippen molar-refractivity contribution in [1.82, 2.24) is 15.0 Å². The van der Waals surface area contributed by atoms with Crippen LogP contribution in [0.15, 0.2) is 34.7 Å². The first-order valence-electron chi connectivity index (χ1n) is 6.84. The fourth-order valence-electron chi connectivity index (χ4n) is 1.98. The Bertz CT molecular complexity index is 519. The minimum atomic E-state index is 0.538. The Balaban J connectivity index is 1.96. The van der Waals surface area contributed by atoms with E-state index in [0.29, 0.717) is 18.4 Å². The van der Waals surface area contributed by atoms with E-state index in [4.69, 9.17) is 4.52 Å². The third-order valence-electron chi connectivity index (χ3n) is 2.81. The van der Waals surface area contributed by atoms with Crippen molar-refractivity contribution >= 4 is 11.3 Å². The molecule has 108 valence electrons. The molecule has 0 aliphatic carbocycles. The summed E-state index contributed by atoms with van der Waals surface area (Å²) in [6.45, 7) is 10.5. The smallest absolute Gasteiger partial charge is 0.240 e. The van der Waals surface area contributed by atoms with Crippen molar-refractivity contribution in [3.05, 3.63) is 46.8 Å². The monoisotopic (exact) mass is 291 g/mol. The predicted octanol–water partition coefficient (Wildman–Crippen LogP) is 3.52. The van der Waals surface area contributed by atoms with Crippen LogP contribution in [0.25, 0.3) is 0 Å². The first-order chi connectivity index (χ1) is 9.67. The molecule has 0 fully saturated rings. The number of nitrogens with zero attached hydrogens (tertiary/aromatic N) is 3. The Kier molecular flexibility index (Phi) is 5.49. The summed E-state index contributed by atoms with van der Waals surface area (Å²) < 4.78 is 5.33. The Hall–Kier alpha value is -1.46. The molecule has 0 atom stereocenters. The lowest BCUT2D eigenvalue weighted by atomic mass is 10.1. The largest absolute Gasteiger partial charge is 0.338 e. The maximum atomic E-state index is 5.33. The van der Waals surface area contributed by atoms with Gasteiger partial charge in [0.15, 0.2) is 5.82 Å². The molecular formula is C15H21N3OS. The molecule has 0 N–H and O–H groups in total. The summed E-state index contributed by atoms with van der Waals surface area (Å²) in [4.78, 5) is 8.02. The lowest BCUT2D eigenvalue weighted by Crippen LogP contribution is -2.22. The summed E-state index contributed by atoms with van der Waals surface area (Å²) in [5.41, 5.74) is 0. The van der Waals surface area contributed by atoms with E-state index in [1.165, 1.54) is 4.88 Å². The molecule has 2 aromatic rings. The molecule has 5 heteroatoms. The Morgan fingerprint density at radius 3 is 2.95 bits per heavy atom. The van der Waals surface area contributed by atoms with Crippen molar-refractivity contribution in [2.75, 3.05) is 6.54 Å². The van der Waals surface area contributed by atoms with E-state index in [0.717, 1.165) is 25.3 Å². The van der Waals surface area contributed by atoms with Gasteiger partial charge in [-0.3, -0.25) is 4.90 Å². The van der Waals surface area contributed by atoms with Crippen molar-refractivity contribution in [1.29, 1.82) is 0 Å². The molecule has 20 heavy (non-hydrogen) atoms. The quantitative estimate of drug-likeness (QED) is 0.698. The van der Waals surface area contributed by atoms with Gasteiger partial charge in [-0.15, -0.1) is 17.9 Å². The summed E-state index contributed by atoms with van der Waals surface area (Å²) in [6.07, 6.45) is 2.76. The predicted molar refractivity (Wildman–Crippen MR) is 81.5 cm³/mol. The highest BCUT2D eigenvalue weighted by atomic mass is 32.1. The fraction of sp³-hybridized carbons (Fsp3) is 0.467. The summed E-state index contributed by atoms with van der Waals surface area (Å²) in [6, 6.07) is 4.21. The van der Waals surface area contributed by atoms with Crippen molar-refractivity contribution in [3.8, 4) is 0 Å². The van der Waals surface area contributed by atoms with Gasteiger partial charge in [-0.2, -0.15) is 4.98 Å². The van der Waals surface area contributed by atoms with Crippen molar-refractivity contribution in [2.45, 2.75) is 33.4 Å². The Morgan fingerprint density at radius 1 is 1.45 bits per heavy atom. The number of hydrogen-bond donors (Lipinski definition) is 0. The highest BCUT2D eigenvalue weighted by molar-refractivity contribution is 7.09. The molecular weight excluding hydrogens is 270 g/mol. The van der Waals surface area contributed by atoms with Gasteiger partial charge in [-0.05, 0) is 17.4 Å². The molecule has 0 aromatic carbocycles. The van der Waals surface area contributed by atoms with E-state index in [1.54, 1.807) is 11.3 Å². The van der Waals surface area contributed by atoms with Gasteiger partial charge >= 0.3 is 0 Å². The van der Waals surface area contributed by atoms with E-state index in [-0.39, 0.29) is 0 Å². The van der Waals surface area contributed by atoms with Gasteiger partial charge in [0.1, 0.15) is 0 Å². The van der Waals surface area contributed by atoms with E-state index < -0.39 is 0 Å². The zero-order valence-corrected chi connectivity index (χ0v) is 12.9. The average Bonchev–Trinajstić information content (AvgIpc) is 3.01. The second-order valence-electron chi connectivity index (χ2n) is 5.24. The number of thiophene rings is 1. The minimum Gasteiger partial charge on any atom is -0.338 e. The Labute approximate surface area is 124 Å². The van der Waals surface area contributed by atoms with E-state index in [2.05, 4.69) is 53.0 Å². The highest BCUT2D eigenvalue weighted by Gasteiger charge is 2.12. The van der Waals surface area contributed by atoms with Crippen molar-refractivity contribution in [3.63, 3.8) is 0 Å². The van der Waals surface area contributed by atoms with Gasteiger partial charge in [0.05, 0.1) is 6.54 Å². The van der Waals surface area contributed by atoms with Crippen LogP contribution in [0.5, 0.6) is 0 Å². The third-order valence-corrected chi connectivity index (χ3v) is 3.67. The van der Waals surface area contributed by atoms with Crippen LogP contribution in [0.1, 0.15) is 30.4 Å². The lowest BCUT2D eigenvalue weighted by molar-refractivity contribution is 0.240. The number of hydrogen-bond acceptors (Lipinski definition) is 5. The normalized spacial score (nSPS) is 11.4. The average molecular weight is 291 g/mol. The topological polar surface area (TPSA) is 42.2 Å². The van der Waals surface area contributed by atoms with Crippen molar-refractivity contribution < 1.29 is 4.52 Å². The third kappa shape index (κ3) is 4.58. The number of aromatic nitrogens is 2. The van der Waals surface area contributed by atoms with Gasteiger partial charge in [0.25, 0.3) is 0 Å². The first kappa shape index (κ1) is 14.9. The van der Waals surface area contributed by atoms with Crippen molar-refractivity contribution in [2.24, 2.45) is 5.92 Å². The first-order valence-corrected chi connectivity index (χ1v) is 7.72. The van der Waals surface area contributed by atoms with Gasteiger partial charge < -0.3 is 4.52 Å². The highest BCUT2D eigenvalue weighted by Crippen LogP contribution is 2.14. The molecule has 0 unspecified atom stereocenters. The van der Waals surface area contributed by atoms with Crippen LogP contribution in [-0.2, 0) is 19.5 Å². The van der Waals surface area contributed by atoms with Crippen LogP contribution in [0.3, 0.4) is 0 Å². The summed E-state index contributed by atoms with van der Waals surface area (Å²) >= 11 is 1.76. The number of rotatable bonds is 8. The fourth-order valence-corrected chi connectivity index (χ4v) is 2.73. The zero-order valence-electron chi connectivity index (χ0n) is 12.1. The van der Waals surface area contributed by atoms with Gasteiger partial charge in [-0.1, -0.05) is 31.1 Å². The molecule has 0 aliphatic heterocycles. The minimum absolute atomic E-state index is 0.538. The molecule has 2 rings (SSSR count). The maximum absolute atomic E-state index is 5.33. The van der Waals surface area contributed by atoms with E-state index >= 15 is 0 Å². The van der Waals surface area contributed by atoms with Crippen LogP contribution < -0.4 is 0 Å². The summed E-state index contributed by atoms with van der Waals surface area (Å²) in [5.74, 6) is 2.01. The second kappa shape index (κ2) is 7.36. The molecule has 0 aliphatic rings. The molecule has 0 spiro atoms. The SMILES string of the molecule is C=CCN(Cc1nc(CC(C)C)no1)Cc1cccs1. The second-order valence-corrected chi connectivity index (χ2v) is 6.27. The molecule has 0 amide bonds. The maximum Gasteiger partial charge on any atom is 0.240 e. The van der Waals surface area contributed by atoms with E-state index in [1.807, 2.05) is 6.08 Å². The molecule has 4 nitrogen and oxygen atoms in total. The van der Waals surface area contributed by atoms with Crippen LogP contribution in [0.4, 0.5) is 0 Å². The van der Waals surface area contributed by atoms with Crippen LogP contribution in [0, 0.1) is 5.92 Å². The van der Waals surface area contributed by atoms with E-state index in [9.17, 15) is 0 Å². The summed E-state index contributed by atoms with van der Waals surface area (Å²) in [7, 11) is 0. The lowest BCUT2D eigenvalue weighted by Gasteiger charge is -2.17. The molecule has 2 heterocycles. The van der Waals surface area contributed by atoms with Crippen LogP contribution >= 0.6 is 11.3 Å². The Morgan fingerprint density at radius 2 is 2.30 bits per heavy atom. The van der Waals surface area contributed by atoms with Gasteiger partial charge in [0, 0.05) is 24.4 Å². The molecule has 2 aromatic heterocycles. The van der Waals surface area contributed by atoms with Gasteiger partial charge in [-0.25, -0.2) is 0 Å². The van der Waals surface area contributed by atoms with Crippen LogP contribution in [-0.4, -0.2) is 21.6 Å². The standard InChI is InChI=1S/C15H21N3OS/c1-4-7-18(10-13-6-5-8-20-13)11-15-16-14(17-19-15)9-12(2)3/h4-6,8,12H,1,7,9-11H2,2-3H3. The molecule has 0 radical (unpaired) electrons. The molecule has 0 saturated carbocycles. The van der Waals surface area contributed by atoms with Crippen LogP contribution in [0.2, 0.25) is 0 Å².